The SMILES string of the molecule is [C-]#[N+]C(C)c1cc(CCC)ccc1OC. The van der Waals surface area contributed by atoms with Crippen LogP contribution in [0, 0.1) is 6.57 Å². The third-order valence-corrected chi connectivity index (χ3v) is 2.48. The van der Waals surface area contributed by atoms with Crippen LogP contribution in [-0.2, 0) is 6.42 Å². The van der Waals surface area contributed by atoms with E-state index in [9.17, 15) is 0 Å². The van der Waals surface area contributed by atoms with Gasteiger partial charge in [-0.05, 0) is 24.1 Å². The van der Waals surface area contributed by atoms with E-state index in [4.69, 9.17) is 11.3 Å². The molecule has 1 atom stereocenters. The van der Waals surface area contributed by atoms with E-state index in [-0.39, 0.29) is 6.04 Å². The molecule has 2 heteroatoms. The summed E-state index contributed by atoms with van der Waals surface area (Å²) < 4.78 is 5.26. The Morgan fingerprint density at radius 1 is 1.47 bits per heavy atom. The van der Waals surface area contributed by atoms with Gasteiger partial charge in [0.1, 0.15) is 5.75 Å². The summed E-state index contributed by atoms with van der Waals surface area (Å²) in [5, 5.41) is 0. The van der Waals surface area contributed by atoms with Crippen LogP contribution in [0.3, 0.4) is 0 Å². The van der Waals surface area contributed by atoms with Gasteiger partial charge in [-0.15, -0.1) is 0 Å². The van der Waals surface area contributed by atoms with Crippen LogP contribution in [0.2, 0.25) is 0 Å². The molecule has 0 N–H and O–H groups in total. The van der Waals surface area contributed by atoms with E-state index in [1.54, 1.807) is 7.11 Å². The number of aryl methyl sites for hydroxylation is 1. The fraction of sp³-hybridized carbons (Fsp3) is 0.462. The molecule has 1 unspecified atom stereocenters. The largest absolute Gasteiger partial charge is 0.496 e. The third kappa shape index (κ3) is 2.73. The zero-order chi connectivity index (χ0) is 11.3. The van der Waals surface area contributed by atoms with Gasteiger partial charge in [0.05, 0.1) is 12.7 Å². The summed E-state index contributed by atoms with van der Waals surface area (Å²) in [4.78, 5) is 3.54. The number of benzene rings is 1. The maximum absolute atomic E-state index is 7.06. The van der Waals surface area contributed by atoms with Gasteiger partial charge in [-0.3, -0.25) is 0 Å². The zero-order valence-corrected chi connectivity index (χ0v) is 9.58. The minimum Gasteiger partial charge on any atom is -0.496 e. The van der Waals surface area contributed by atoms with Gasteiger partial charge in [0, 0.05) is 6.92 Å². The first kappa shape index (κ1) is 11.6. The van der Waals surface area contributed by atoms with Crippen molar-refractivity contribution in [2.45, 2.75) is 32.7 Å². The molecule has 0 saturated carbocycles. The van der Waals surface area contributed by atoms with Gasteiger partial charge >= 0.3 is 0 Å². The standard InChI is InChI=1S/C13H17NO/c1-5-6-11-7-8-13(15-4)12(9-11)10(2)14-3/h7-10H,5-6H2,1-2,4H3. The van der Waals surface area contributed by atoms with Crippen LogP contribution < -0.4 is 4.74 Å². The fourth-order valence-corrected chi connectivity index (χ4v) is 1.62. The minimum atomic E-state index is -0.128. The Morgan fingerprint density at radius 3 is 2.73 bits per heavy atom. The highest BCUT2D eigenvalue weighted by atomic mass is 16.5. The van der Waals surface area contributed by atoms with E-state index in [1.807, 2.05) is 13.0 Å². The summed E-state index contributed by atoms with van der Waals surface area (Å²) in [7, 11) is 1.65. The second-order valence-electron chi connectivity index (χ2n) is 3.63. The molecular weight excluding hydrogens is 186 g/mol. The van der Waals surface area contributed by atoms with Crippen molar-refractivity contribution in [3.8, 4) is 5.75 Å². The molecule has 0 aliphatic heterocycles. The number of hydrogen-bond acceptors (Lipinski definition) is 1. The van der Waals surface area contributed by atoms with Crippen molar-refractivity contribution in [2.24, 2.45) is 0 Å². The maximum Gasteiger partial charge on any atom is 0.249 e. The maximum atomic E-state index is 7.06. The minimum absolute atomic E-state index is 0.128. The highest BCUT2D eigenvalue weighted by Crippen LogP contribution is 2.28. The van der Waals surface area contributed by atoms with Gasteiger partial charge in [0.15, 0.2) is 0 Å². The molecule has 0 amide bonds. The lowest BCUT2D eigenvalue weighted by atomic mass is 10.0. The summed E-state index contributed by atoms with van der Waals surface area (Å²) in [5.41, 5.74) is 2.28. The highest BCUT2D eigenvalue weighted by Gasteiger charge is 2.15. The number of ether oxygens (including phenoxy) is 1. The van der Waals surface area contributed by atoms with Crippen molar-refractivity contribution < 1.29 is 4.74 Å². The number of methoxy groups -OCH3 is 1. The van der Waals surface area contributed by atoms with Crippen molar-refractivity contribution in [2.75, 3.05) is 7.11 Å². The molecule has 0 radical (unpaired) electrons. The number of hydrogen-bond donors (Lipinski definition) is 0. The van der Waals surface area contributed by atoms with Crippen LogP contribution in [0.15, 0.2) is 18.2 Å². The predicted octanol–water partition coefficient (Wildman–Crippen LogP) is 3.63. The normalized spacial score (nSPS) is 11.9. The average Bonchev–Trinajstić information content (AvgIpc) is 2.28. The lowest BCUT2D eigenvalue weighted by Gasteiger charge is -2.09. The van der Waals surface area contributed by atoms with Crippen LogP contribution in [0.25, 0.3) is 4.85 Å². The second kappa shape index (κ2) is 5.41. The first-order valence-corrected chi connectivity index (χ1v) is 5.26. The molecule has 0 aliphatic carbocycles. The van der Waals surface area contributed by atoms with Crippen molar-refractivity contribution in [3.05, 3.63) is 40.7 Å². The molecule has 0 bridgehead atoms. The smallest absolute Gasteiger partial charge is 0.249 e. The van der Waals surface area contributed by atoms with E-state index in [0.29, 0.717) is 0 Å². The molecular formula is C13H17NO. The van der Waals surface area contributed by atoms with Gasteiger partial charge in [-0.25, -0.2) is 6.57 Å². The summed E-state index contributed by atoms with van der Waals surface area (Å²) in [5.74, 6) is 0.818. The van der Waals surface area contributed by atoms with Crippen LogP contribution >= 0.6 is 0 Å². The van der Waals surface area contributed by atoms with E-state index in [2.05, 4.69) is 23.9 Å². The Balaban J connectivity index is 3.08. The van der Waals surface area contributed by atoms with Gasteiger partial charge in [0.25, 0.3) is 0 Å². The van der Waals surface area contributed by atoms with Crippen molar-refractivity contribution in [1.82, 2.24) is 0 Å². The Labute approximate surface area is 91.7 Å². The Morgan fingerprint density at radius 2 is 2.20 bits per heavy atom. The fourth-order valence-electron chi connectivity index (χ4n) is 1.62. The van der Waals surface area contributed by atoms with E-state index < -0.39 is 0 Å². The second-order valence-corrected chi connectivity index (χ2v) is 3.63. The van der Waals surface area contributed by atoms with Crippen LogP contribution in [0.1, 0.15) is 37.4 Å². The monoisotopic (exact) mass is 203 g/mol. The molecule has 15 heavy (non-hydrogen) atoms. The Hall–Kier alpha value is -1.49. The van der Waals surface area contributed by atoms with Gasteiger partial charge in [-0.2, -0.15) is 0 Å². The van der Waals surface area contributed by atoms with Gasteiger partial charge < -0.3 is 9.58 Å². The lowest BCUT2D eigenvalue weighted by molar-refractivity contribution is 0.408. The third-order valence-electron chi connectivity index (χ3n) is 2.48. The summed E-state index contributed by atoms with van der Waals surface area (Å²) >= 11 is 0. The van der Waals surface area contributed by atoms with Crippen LogP contribution in [-0.4, -0.2) is 7.11 Å². The highest BCUT2D eigenvalue weighted by molar-refractivity contribution is 5.40. The van der Waals surface area contributed by atoms with Crippen LogP contribution in [0.4, 0.5) is 0 Å². The number of rotatable bonds is 4. The van der Waals surface area contributed by atoms with Crippen molar-refractivity contribution >= 4 is 0 Å². The topological polar surface area (TPSA) is 13.6 Å². The predicted molar refractivity (Wildman–Crippen MR) is 62.0 cm³/mol. The van der Waals surface area contributed by atoms with Crippen molar-refractivity contribution in [3.63, 3.8) is 0 Å². The van der Waals surface area contributed by atoms with E-state index in [1.165, 1.54) is 5.56 Å². The summed E-state index contributed by atoms with van der Waals surface area (Å²) in [6, 6.07) is 5.99. The lowest BCUT2D eigenvalue weighted by Crippen LogP contribution is -1.96. The molecule has 0 saturated heterocycles. The summed E-state index contributed by atoms with van der Waals surface area (Å²) in [6.45, 7) is 11.1. The quantitative estimate of drug-likeness (QED) is 0.681. The molecule has 1 aromatic rings. The molecule has 1 aromatic carbocycles. The molecule has 1 rings (SSSR count). The van der Waals surface area contributed by atoms with E-state index in [0.717, 1.165) is 24.2 Å². The Kier molecular flexibility index (Phi) is 4.17. The van der Waals surface area contributed by atoms with Gasteiger partial charge in [0.2, 0.25) is 6.04 Å². The first-order valence-electron chi connectivity index (χ1n) is 5.26. The van der Waals surface area contributed by atoms with Crippen LogP contribution in [0.5, 0.6) is 5.75 Å². The summed E-state index contributed by atoms with van der Waals surface area (Å²) in [6.07, 6.45) is 2.18. The molecule has 0 heterocycles. The molecule has 0 spiro atoms. The van der Waals surface area contributed by atoms with Gasteiger partial charge in [-0.1, -0.05) is 19.4 Å². The average molecular weight is 203 g/mol. The first-order chi connectivity index (χ1) is 7.22. The molecule has 0 aliphatic rings. The number of nitrogens with zero attached hydrogens (tertiary/aromatic N) is 1. The van der Waals surface area contributed by atoms with Crippen molar-refractivity contribution in [1.29, 1.82) is 0 Å². The molecule has 0 aromatic heterocycles. The zero-order valence-electron chi connectivity index (χ0n) is 9.58. The Bertz CT molecular complexity index is 365. The molecule has 0 fully saturated rings. The molecule has 80 valence electrons. The molecule has 2 nitrogen and oxygen atoms in total. The van der Waals surface area contributed by atoms with E-state index >= 15 is 0 Å².